The summed E-state index contributed by atoms with van der Waals surface area (Å²) in [6.45, 7) is 18.0. The zero-order valence-electron chi connectivity index (χ0n) is 5.30. The molecule has 0 aromatic heterocycles. The zero-order chi connectivity index (χ0) is 10.7. The maximum atomic E-state index is 7.50. The fraction of sp³-hybridized carbons (Fsp3) is 0. The predicted octanol–water partition coefficient (Wildman–Crippen LogP) is -0.573. The SMILES string of the molecule is S=C=S.[C]=O.[C]=O.[C]=O.[C]=O.[Fe]. The Labute approximate surface area is 92.2 Å². The summed E-state index contributed by atoms with van der Waals surface area (Å²) < 4.78 is 1.92. The summed E-state index contributed by atoms with van der Waals surface area (Å²) in [6.07, 6.45) is 0. The molecule has 0 amide bonds. The molecular formula is C5FeO4S2. The molecule has 0 rings (SSSR count). The van der Waals surface area contributed by atoms with Gasteiger partial charge in [0.25, 0.3) is 27.2 Å². The van der Waals surface area contributed by atoms with Crippen molar-refractivity contribution in [2.45, 2.75) is 0 Å². The van der Waals surface area contributed by atoms with Crippen LogP contribution in [-0.2, 0) is 36.2 Å². The van der Waals surface area contributed by atoms with Crippen molar-refractivity contribution in [2.75, 3.05) is 0 Å². The van der Waals surface area contributed by atoms with Crippen molar-refractivity contribution in [2.24, 2.45) is 0 Å². The summed E-state index contributed by atoms with van der Waals surface area (Å²) >= 11 is 7.92. The summed E-state index contributed by atoms with van der Waals surface area (Å²) in [7, 11) is 0. The maximum absolute atomic E-state index is 7.50. The molecule has 0 fully saturated rings. The van der Waals surface area contributed by atoms with Gasteiger partial charge in [-0.2, -0.15) is 0 Å². The smallest absolute Gasteiger partial charge is 0.281 e. The van der Waals surface area contributed by atoms with Crippen LogP contribution in [0.2, 0.25) is 0 Å². The van der Waals surface area contributed by atoms with Crippen LogP contribution >= 0.6 is 24.4 Å². The summed E-state index contributed by atoms with van der Waals surface area (Å²) in [4.78, 5) is 30.0. The minimum absolute atomic E-state index is 0. The largest absolute Gasteiger partial charge is 0.281 e. The van der Waals surface area contributed by atoms with E-state index in [1.165, 1.54) is 0 Å². The number of hydrogen-bond donors (Lipinski definition) is 0. The van der Waals surface area contributed by atoms with Gasteiger partial charge in [-0.25, -0.2) is 0 Å². The Hall–Kier alpha value is -0.581. The number of carbonyl (C=O) groups excluding carboxylic acids is 4. The van der Waals surface area contributed by atoms with Gasteiger partial charge in [0.2, 0.25) is 0 Å². The van der Waals surface area contributed by atoms with Crippen LogP contribution in [0, 0.1) is 0 Å². The molecule has 4 nitrogen and oxygen atoms in total. The molecule has 64 valence electrons. The Morgan fingerprint density at radius 2 is 0.667 bits per heavy atom. The predicted molar refractivity (Wildman–Crippen MR) is 43.0 cm³/mol. The normalized spacial score (nSPS) is 2.00. The monoisotopic (exact) mass is 244 g/mol. The van der Waals surface area contributed by atoms with E-state index < -0.39 is 0 Å². The van der Waals surface area contributed by atoms with Gasteiger partial charge >= 0.3 is 0 Å². The standard InChI is InChI=1S/4CO.CS2.Fe/c4*1-2;2-1-3;. The van der Waals surface area contributed by atoms with Gasteiger partial charge in [0.05, 0.1) is 0 Å². The third-order valence-electron chi connectivity index (χ3n) is 0. The Kier molecular flexibility index (Phi) is 18500. The van der Waals surface area contributed by atoms with Crippen LogP contribution in [0.5, 0.6) is 0 Å². The van der Waals surface area contributed by atoms with E-state index in [4.69, 9.17) is 19.2 Å². The van der Waals surface area contributed by atoms with Crippen molar-refractivity contribution in [3.8, 4) is 0 Å². The fourth-order valence-corrected chi connectivity index (χ4v) is 0. The van der Waals surface area contributed by atoms with Crippen LogP contribution in [0.1, 0.15) is 0 Å². The Bertz CT molecular complexity index is 69.8. The first-order valence-electron chi connectivity index (χ1n) is 1.22. The molecule has 0 unspecified atom stereocenters. The Morgan fingerprint density at radius 1 is 0.667 bits per heavy atom. The average molecular weight is 244 g/mol. The number of rotatable bonds is 0. The van der Waals surface area contributed by atoms with E-state index in [1.54, 1.807) is 0 Å². The van der Waals surface area contributed by atoms with Gasteiger partial charge in [0, 0.05) is 21.4 Å². The molecule has 0 bridgehead atoms. The maximum Gasteiger partial charge on any atom is 0.281 e. The van der Waals surface area contributed by atoms with Crippen molar-refractivity contribution < 1.29 is 36.2 Å². The van der Waals surface area contributed by atoms with Gasteiger partial charge in [-0.1, -0.05) is 0 Å². The molecule has 8 radical (unpaired) electrons. The molecule has 0 aromatic rings. The molecule has 0 aromatic carbocycles. The summed E-state index contributed by atoms with van der Waals surface area (Å²) in [6, 6.07) is 0. The second kappa shape index (κ2) is 5250. The molecule has 0 aliphatic heterocycles. The van der Waals surface area contributed by atoms with E-state index in [9.17, 15) is 0 Å². The Balaban J connectivity index is -0.00000000933. The first kappa shape index (κ1) is 42.2. The Morgan fingerprint density at radius 3 is 0.667 bits per heavy atom. The second-order valence-corrected chi connectivity index (χ2v) is 0.750. The molecule has 0 atom stereocenters. The van der Waals surface area contributed by atoms with E-state index in [0.29, 0.717) is 0 Å². The molecule has 0 aliphatic rings. The van der Waals surface area contributed by atoms with Crippen LogP contribution in [0.3, 0.4) is 0 Å². The second-order valence-electron chi connectivity index (χ2n) is 0.0833. The summed E-state index contributed by atoms with van der Waals surface area (Å²) in [5, 5.41) is 0. The van der Waals surface area contributed by atoms with Gasteiger partial charge in [0.1, 0.15) is 0 Å². The van der Waals surface area contributed by atoms with Crippen LogP contribution in [-0.4, -0.2) is 31.5 Å². The summed E-state index contributed by atoms with van der Waals surface area (Å²) in [5.74, 6) is 0. The minimum Gasteiger partial charge on any atom is -0.281 e. The van der Waals surface area contributed by atoms with Gasteiger partial charge in [0.15, 0.2) is 0 Å². The summed E-state index contributed by atoms with van der Waals surface area (Å²) in [5.41, 5.74) is 0. The van der Waals surface area contributed by atoms with Gasteiger partial charge in [-0.15, -0.1) is 0 Å². The fourth-order valence-electron chi connectivity index (χ4n) is 0. The van der Waals surface area contributed by atoms with Crippen molar-refractivity contribution >= 4 is 55.9 Å². The molecule has 0 aliphatic carbocycles. The van der Waals surface area contributed by atoms with Gasteiger partial charge in [-0.05, 0) is 24.4 Å². The third kappa shape index (κ3) is 1980. The third-order valence-corrected chi connectivity index (χ3v) is 0. The van der Waals surface area contributed by atoms with E-state index in [2.05, 4.69) is 51.6 Å². The molecule has 0 saturated carbocycles. The van der Waals surface area contributed by atoms with Crippen LogP contribution in [0.15, 0.2) is 0 Å². The molecule has 0 spiro atoms. The van der Waals surface area contributed by atoms with E-state index in [0.717, 1.165) is 0 Å². The molecule has 12 heavy (non-hydrogen) atoms. The molecule has 0 heterocycles. The minimum atomic E-state index is 0. The molecular weight excluding hydrogens is 244 g/mol. The van der Waals surface area contributed by atoms with Crippen LogP contribution in [0.25, 0.3) is 0 Å². The van der Waals surface area contributed by atoms with Gasteiger partial charge < -0.3 is 0 Å². The van der Waals surface area contributed by atoms with Crippen molar-refractivity contribution in [3.63, 3.8) is 0 Å². The first-order chi connectivity index (χ1) is 5.41. The molecule has 0 N–H and O–H groups in total. The van der Waals surface area contributed by atoms with Crippen molar-refractivity contribution in [1.29, 1.82) is 0 Å². The molecule has 7 heteroatoms. The number of thiocarbonyl (C=S) groups is 2. The van der Waals surface area contributed by atoms with E-state index in [1.807, 2.05) is 4.31 Å². The number of hydrogen-bond acceptors (Lipinski definition) is 6. The quantitative estimate of drug-likeness (QED) is 0.419. The van der Waals surface area contributed by atoms with Crippen molar-refractivity contribution in [1.82, 2.24) is 0 Å². The average Bonchev–Trinajstić information content (AvgIpc) is 2.18. The topological polar surface area (TPSA) is 68.3 Å². The van der Waals surface area contributed by atoms with Crippen LogP contribution < -0.4 is 0 Å². The van der Waals surface area contributed by atoms with Crippen molar-refractivity contribution in [3.05, 3.63) is 0 Å². The van der Waals surface area contributed by atoms with E-state index in [-0.39, 0.29) is 17.1 Å². The zero-order valence-corrected chi connectivity index (χ0v) is 8.04. The molecule has 0 saturated heterocycles. The first-order valence-corrected chi connectivity index (χ1v) is 2.04. The van der Waals surface area contributed by atoms with E-state index >= 15 is 0 Å². The van der Waals surface area contributed by atoms with Gasteiger partial charge in [-0.3, -0.25) is 19.2 Å². The van der Waals surface area contributed by atoms with Crippen LogP contribution in [0.4, 0.5) is 0 Å².